The van der Waals surface area contributed by atoms with Gasteiger partial charge in [-0.2, -0.15) is 9.97 Å². The third-order valence-corrected chi connectivity index (χ3v) is 3.40. The van der Waals surface area contributed by atoms with E-state index in [0.29, 0.717) is 11.5 Å². The van der Waals surface area contributed by atoms with Crippen LogP contribution in [-0.4, -0.2) is 26.2 Å². The van der Waals surface area contributed by atoms with Crippen molar-refractivity contribution >= 4 is 40.4 Å². The van der Waals surface area contributed by atoms with E-state index in [0.717, 1.165) is 11.2 Å². The van der Waals surface area contributed by atoms with Crippen molar-refractivity contribution in [3.05, 3.63) is 30.6 Å². The first-order valence-electron chi connectivity index (χ1n) is 5.64. The number of imidazole rings is 1. The summed E-state index contributed by atoms with van der Waals surface area (Å²) in [5.74, 6) is 0.819. The van der Waals surface area contributed by atoms with E-state index in [4.69, 9.17) is 5.73 Å². The van der Waals surface area contributed by atoms with Crippen molar-refractivity contribution in [2.24, 2.45) is 0 Å². The lowest BCUT2D eigenvalue weighted by Gasteiger charge is -2.07. The second-order valence-electron chi connectivity index (χ2n) is 3.89. The second-order valence-corrected chi connectivity index (χ2v) is 4.76. The highest BCUT2D eigenvalue weighted by molar-refractivity contribution is 7.98. The van der Waals surface area contributed by atoms with Gasteiger partial charge in [0.15, 0.2) is 11.5 Å². The van der Waals surface area contributed by atoms with Crippen molar-refractivity contribution in [2.75, 3.05) is 17.3 Å². The van der Waals surface area contributed by atoms with Gasteiger partial charge in [0.2, 0.25) is 5.95 Å². The number of nitrogens with one attached hydrogen (secondary N) is 2. The SMILES string of the molecule is CSc1ccc(Nc2nc(N)nc3nc[nH]c23)cc1. The molecule has 7 heteroatoms. The van der Waals surface area contributed by atoms with Crippen molar-refractivity contribution in [3.63, 3.8) is 0 Å². The van der Waals surface area contributed by atoms with Gasteiger partial charge in [-0.25, -0.2) is 4.98 Å². The van der Waals surface area contributed by atoms with Gasteiger partial charge in [0.05, 0.1) is 6.33 Å². The standard InChI is InChI=1S/C12H12N6S/c1-19-8-4-2-7(3-5-8)16-11-9-10(15-6-14-9)17-12(13)18-11/h2-6H,1H3,(H4,13,14,15,16,17,18). The van der Waals surface area contributed by atoms with Crippen LogP contribution in [0.4, 0.5) is 17.5 Å². The lowest BCUT2D eigenvalue weighted by atomic mass is 10.3. The zero-order valence-electron chi connectivity index (χ0n) is 10.2. The number of aromatic nitrogens is 4. The van der Waals surface area contributed by atoms with E-state index in [-0.39, 0.29) is 5.95 Å². The Morgan fingerprint density at radius 2 is 2.00 bits per heavy atom. The molecule has 1 aromatic carbocycles. The molecule has 19 heavy (non-hydrogen) atoms. The fourth-order valence-electron chi connectivity index (χ4n) is 1.75. The van der Waals surface area contributed by atoms with Crippen LogP contribution in [0.3, 0.4) is 0 Å². The molecule has 3 aromatic rings. The molecule has 4 N–H and O–H groups in total. The molecule has 2 heterocycles. The number of aromatic amines is 1. The first kappa shape index (κ1) is 11.8. The third-order valence-electron chi connectivity index (χ3n) is 2.66. The van der Waals surface area contributed by atoms with Crippen LogP contribution in [0.1, 0.15) is 0 Å². The monoisotopic (exact) mass is 272 g/mol. The van der Waals surface area contributed by atoms with Gasteiger partial charge in [-0.1, -0.05) is 0 Å². The summed E-state index contributed by atoms with van der Waals surface area (Å²) >= 11 is 1.70. The molecule has 0 radical (unpaired) electrons. The average Bonchev–Trinajstić information content (AvgIpc) is 2.88. The Morgan fingerprint density at radius 1 is 1.21 bits per heavy atom. The van der Waals surface area contributed by atoms with Crippen molar-refractivity contribution in [1.29, 1.82) is 0 Å². The summed E-state index contributed by atoms with van der Waals surface area (Å²) in [6.45, 7) is 0. The Balaban J connectivity index is 1.97. The number of hydrogen-bond donors (Lipinski definition) is 3. The normalized spacial score (nSPS) is 10.8. The van der Waals surface area contributed by atoms with Crippen molar-refractivity contribution in [1.82, 2.24) is 19.9 Å². The molecule has 0 aliphatic heterocycles. The molecule has 6 nitrogen and oxygen atoms in total. The number of nitrogen functional groups attached to an aromatic ring is 1. The van der Waals surface area contributed by atoms with Gasteiger partial charge in [-0.05, 0) is 30.5 Å². The van der Waals surface area contributed by atoms with E-state index in [1.165, 1.54) is 4.90 Å². The summed E-state index contributed by atoms with van der Waals surface area (Å²) in [5, 5.41) is 3.21. The lowest BCUT2D eigenvalue weighted by Crippen LogP contribution is -2.01. The van der Waals surface area contributed by atoms with Crippen molar-refractivity contribution in [2.45, 2.75) is 4.90 Å². The zero-order chi connectivity index (χ0) is 13.2. The predicted octanol–water partition coefficient (Wildman–Crippen LogP) is 2.40. The average molecular weight is 272 g/mol. The lowest BCUT2D eigenvalue weighted by molar-refractivity contribution is 1.21. The molecular weight excluding hydrogens is 260 g/mol. The maximum absolute atomic E-state index is 5.66. The summed E-state index contributed by atoms with van der Waals surface area (Å²) in [7, 11) is 0. The summed E-state index contributed by atoms with van der Waals surface area (Å²) in [6.07, 6.45) is 3.61. The van der Waals surface area contributed by atoms with Gasteiger partial charge in [0.1, 0.15) is 5.52 Å². The highest BCUT2D eigenvalue weighted by atomic mass is 32.2. The Kier molecular flexibility index (Phi) is 2.96. The number of nitrogens with two attached hydrogens (primary N) is 1. The first-order valence-corrected chi connectivity index (χ1v) is 6.86. The molecule has 0 spiro atoms. The molecule has 0 aliphatic rings. The molecule has 0 fully saturated rings. The minimum atomic E-state index is 0.197. The summed E-state index contributed by atoms with van der Waals surface area (Å²) in [6, 6.07) is 8.07. The van der Waals surface area contributed by atoms with Gasteiger partial charge in [0.25, 0.3) is 0 Å². The van der Waals surface area contributed by atoms with Crippen LogP contribution in [-0.2, 0) is 0 Å². The van der Waals surface area contributed by atoms with Crippen molar-refractivity contribution < 1.29 is 0 Å². The van der Waals surface area contributed by atoms with E-state index in [1.54, 1.807) is 18.1 Å². The zero-order valence-corrected chi connectivity index (χ0v) is 11.0. The predicted molar refractivity (Wildman–Crippen MR) is 77.6 cm³/mol. The number of hydrogen-bond acceptors (Lipinski definition) is 6. The smallest absolute Gasteiger partial charge is 0.224 e. The summed E-state index contributed by atoms with van der Waals surface area (Å²) in [4.78, 5) is 16.5. The quantitative estimate of drug-likeness (QED) is 0.634. The minimum absolute atomic E-state index is 0.197. The van der Waals surface area contributed by atoms with Gasteiger partial charge >= 0.3 is 0 Å². The van der Waals surface area contributed by atoms with Gasteiger partial charge in [-0.15, -0.1) is 11.8 Å². The molecule has 0 saturated carbocycles. The van der Waals surface area contributed by atoms with Crippen LogP contribution in [0, 0.1) is 0 Å². The van der Waals surface area contributed by atoms with Crippen LogP contribution in [0.5, 0.6) is 0 Å². The van der Waals surface area contributed by atoms with Crippen LogP contribution >= 0.6 is 11.8 Å². The minimum Gasteiger partial charge on any atom is -0.368 e. The largest absolute Gasteiger partial charge is 0.368 e. The molecule has 3 rings (SSSR count). The maximum Gasteiger partial charge on any atom is 0.224 e. The number of benzene rings is 1. The van der Waals surface area contributed by atoms with E-state index in [9.17, 15) is 0 Å². The van der Waals surface area contributed by atoms with Gasteiger partial charge < -0.3 is 16.0 Å². The highest BCUT2D eigenvalue weighted by Crippen LogP contribution is 2.23. The number of fused-ring (bicyclic) bond motifs is 1. The van der Waals surface area contributed by atoms with Crippen LogP contribution in [0.25, 0.3) is 11.2 Å². The molecule has 0 saturated heterocycles. The number of nitrogens with zero attached hydrogens (tertiary/aromatic N) is 3. The van der Waals surface area contributed by atoms with Crippen LogP contribution < -0.4 is 11.1 Å². The Hall–Kier alpha value is -2.28. The van der Waals surface area contributed by atoms with Gasteiger partial charge in [0, 0.05) is 10.6 Å². The van der Waals surface area contributed by atoms with Crippen LogP contribution in [0.15, 0.2) is 35.5 Å². The second kappa shape index (κ2) is 4.77. The molecule has 0 atom stereocenters. The molecule has 0 bridgehead atoms. The van der Waals surface area contributed by atoms with Crippen LogP contribution in [0.2, 0.25) is 0 Å². The highest BCUT2D eigenvalue weighted by Gasteiger charge is 2.08. The fraction of sp³-hybridized carbons (Fsp3) is 0.0833. The number of thioether (sulfide) groups is 1. The maximum atomic E-state index is 5.66. The fourth-order valence-corrected chi connectivity index (χ4v) is 2.16. The molecule has 0 aliphatic carbocycles. The third kappa shape index (κ3) is 2.32. The Morgan fingerprint density at radius 3 is 2.74 bits per heavy atom. The van der Waals surface area contributed by atoms with E-state index in [2.05, 4.69) is 25.3 Å². The van der Waals surface area contributed by atoms with E-state index >= 15 is 0 Å². The number of H-pyrrole nitrogens is 1. The topological polar surface area (TPSA) is 92.5 Å². The Labute approximate surface area is 113 Å². The van der Waals surface area contributed by atoms with Gasteiger partial charge in [-0.3, -0.25) is 0 Å². The molecule has 96 valence electrons. The first-order chi connectivity index (χ1) is 9.26. The summed E-state index contributed by atoms with van der Waals surface area (Å²) < 4.78 is 0. The molecular formula is C12H12N6S. The van der Waals surface area contributed by atoms with Crippen molar-refractivity contribution in [3.8, 4) is 0 Å². The number of anilines is 3. The van der Waals surface area contributed by atoms with E-state index < -0.39 is 0 Å². The summed E-state index contributed by atoms with van der Waals surface area (Å²) in [5.41, 5.74) is 7.89. The Bertz CT molecular complexity index is 706. The molecule has 2 aromatic heterocycles. The molecule has 0 unspecified atom stereocenters. The number of rotatable bonds is 3. The molecule has 0 amide bonds. The van der Waals surface area contributed by atoms with E-state index in [1.807, 2.05) is 30.5 Å².